The zero-order valence-electron chi connectivity index (χ0n) is 17.3. The van der Waals surface area contributed by atoms with E-state index in [1.807, 2.05) is 29.2 Å². The molecule has 1 saturated heterocycles. The maximum atomic E-state index is 12.6. The van der Waals surface area contributed by atoms with Crippen LogP contribution < -0.4 is 14.8 Å². The van der Waals surface area contributed by atoms with E-state index >= 15 is 0 Å². The van der Waals surface area contributed by atoms with Crippen molar-refractivity contribution in [3.8, 4) is 17.6 Å². The molecule has 0 atom stereocenters. The Bertz CT molecular complexity index is 929. The van der Waals surface area contributed by atoms with Gasteiger partial charge in [-0.05, 0) is 17.7 Å². The van der Waals surface area contributed by atoms with Crippen LogP contribution in [0.5, 0.6) is 11.5 Å². The highest BCUT2D eigenvalue weighted by Crippen LogP contribution is 2.29. The maximum Gasteiger partial charge on any atom is 0.267 e. The third-order valence-corrected chi connectivity index (χ3v) is 4.97. The van der Waals surface area contributed by atoms with Crippen LogP contribution >= 0.6 is 0 Å². The van der Waals surface area contributed by atoms with Gasteiger partial charge in [0.15, 0.2) is 11.5 Å². The highest BCUT2D eigenvalue weighted by molar-refractivity contribution is 6.06. The summed E-state index contributed by atoms with van der Waals surface area (Å²) >= 11 is 0. The summed E-state index contributed by atoms with van der Waals surface area (Å²) in [5, 5.41) is 12.2. The Morgan fingerprint density at radius 2 is 1.77 bits per heavy atom. The molecule has 1 fully saturated rings. The molecule has 2 aromatic carbocycles. The summed E-state index contributed by atoms with van der Waals surface area (Å²) in [5.74, 6) is 0.628. The molecule has 0 radical (unpaired) electrons. The number of rotatable bonds is 7. The van der Waals surface area contributed by atoms with Gasteiger partial charge in [-0.2, -0.15) is 5.26 Å². The average Bonchev–Trinajstić information content (AvgIpc) is 2.79. The van der Waals surface area contributed by atoms with Crippen molar-refractivity contribution < 1.29 is 14.3 Å². The van der Waals surface area contributed by atoms with Crippen molar-refractivity contribution in [3.63, 3.8) is 0 Å². The van der Waals surface area contributed by atoms with E-state index in [9.17, 15) is 10.1 Å². The van der Waals surface area contributed by atoms with Gasteiger partial charge in [-0.1, -0.05) is 30.3 Å². The highest BCUT2D eigenvalue weighted by atomic mass is 16.5. The molecule has 3 rings (SSSR count). The molecule has 2 aromatic rings. The Balaban J connectivity index is 1.58. The van der Waals surface area contributed by atoms with E-state index in [0.717, 1.165) is 32.7 Å². The molecule has 1 amide bonds. The van der Waals surface area contributed by atoms with E-state index in [1.165, 1.54) is 12.7 Å². The monoisotopic (exact) mass is 406 g/mol. The van der Waals surface area contributed by atoms with Crippen LogP contribution in [0.25, 0.3) is 0 Å². The van der Waals surface area contributed by atoms with Gasteiger partial charge in [-0.3, -0.25) is 9.69 Å². The highest BCUT2D eigenvalue weighted by Gasteiger charge is 2.18. The van der Waals surface area contributed by atoms with E-state index < -0.39 is 5.91 Å². The van der Waals surface area contributed by atoms with Gasteiger partial charge in [-0.15, -0.1) is 0 Å². The molecular weight excluding hydrogens is 380 g/mol. The lowest BCUT2D eigenvalue weighted by Gasteiger charge is -2.34. The number of hydrogen-bond donors (Lipinski definition) is 1. The second kappa shape index (κ2) is 10.3. The molecule has 156 valence electrons. The summed E-state index contributed by atoms with van der Waals surface area (Å²) in [6.45, 7) is 4.19. The summed E-state index contributed by atoms with van der Waals surface area (Å²) in [4.78, 5) is 17.0. The first-order valence-electron chi connectivity index (χ1n) is 9.78. The van der Waals surface area contributed by atoms with Crippen LogP contribution in [0.3, 0.4) is 0 Å². The van der Waals surface area contributed by atoms with Gasteiger partial charge in [0, 0.05) is 50.7 Å². The largest absolute Gasteiger partial charge is 0.493 e. The van der Waals surface area contributed by atoms with Crippen LogP contribution in [0.4, 0.5) is 5.69 Å². The van der Waals surface area contributed by atoms with Gasteiger partial charge in [0.05, 0.1) is 14.2 Å². The first-order valence-corrected chi connectivity index (χ1v) is 9.78. The van der Waals surface area contributed by atoms with Crippen molar-refractivity contribution >= 4 is 11.6 Å². The normalized spacial score (nSPS) is 14.7. The molecular formula is C23H26N4O3. The quantitative estimate of drug-likeness (QED) is 0.563. The van der Waals surface area contributed by atoms with E-state index in [4.69, 9.17) is 9.47 Å². The first kappa shape index (κ1) is 21.2. The van der Waals surface area contributed by atoms with E-state index in [2.05, 4.69) is 22.3 Å². The maximum absolute atomic E-state index is 12.6. The topological polar surface area (TPSA) is 77.8 Å². The average molecular weight is 406 g/mol. The van der Waals surface area contributed by atoms with Crippen LogP contribution in [-0.4, -0.2) is 56.1 Å². The number of anilines is 1. The van der Waals surface area contributed by atoms with Crippen molar-refractivity contribution in [2.45, 2.75) is 6.54 Å². The Morgan fingerprint density at radius 1 is 1.07 bits per heavy atom. The number of methoxy groups -OCH3 is 2. The first-order chi connectivity index (χ1) is 14.6. The predicted octanol–water partition coefficient (Wildman–Crippen LogP) is 2.87. The van der Waals surface area contributed by atoms with Crippen LogP contribution in [0, 0.1) is 11.3 Å². The van der Waals surface area contributed by atoms with Crippen LogP contribution in [0.2, 0.25) is 0 Å². The third kappa shape index (κ3) is 5.52. The second-order valence-corrected chi connectivity index (χ2v) is 6.98. The van der Waals surface area contributed by atoms with Crippen molar-refractivity contribution in [2.24, 2.45) is 0 Å². The molecule has 0 saturated carbocycles. The zero-order chi connectivity index (χ0) is 21.3. The number of ether oxygens (including phenoxy) is 2. The van der Waals surface area contributed by atoms with Gasteiger partial charge >= 0.3 is 0 Å². The summed E-state index contributed by atoms with van der Waals surface area (Å²) in [7, 11) is 3.08. The van der Waals surface area contributed by atoms with Crippen LogP contribution in [0.1, 0.15) is 5.56 Å². The molecule has 0 spiro atoms. The van der Waals surface area contributed by atoms with Crippen molar-refractivity contribution in [3.05, 3.63) is 65.9 Å². The molecule has 0 unspecified atom stereocenters. The molecule has 0 aromatic heterocycles. The van der Waals surface area contributed by atoms with E-state index in [-0.39, 0.29) is 5.57 Å². The van der Waals surface area contributed by atoms with Crippen molar-refractivity contribution in [2.75, 3.05) is 45.7 Å². The Labute approximate surface area is 177 Å². The number of carbonyl (C=O) groups excluding carboxylic acids is 1. The van der Waals surface area contributed by atoms with Crippen molar-refractivity contribution in [1.82, 2.24) is 9.80 Å². The smallest absolute Gasteiger partial charge is 0.267 e. The molecule has 0 aliphatic carbocycles. The van der Waals surface area contributed by atoms with Gasteiger partial charge < -0.3 is 19.7 Å². The van der Waals surface area contributed by atoms with Gasteiger partial charge in [0.25, 0.3) is 5.91 Å². The summed E-state index contributed by atoms with van der Waals surface area (Å²) < 4.78 is 10.4. The third-order valence-electron chi connectivity index (χ3n) is 4.97. The molecule has 1 aliphatic rings. The second-order valence-electron chi connectivity index (χ2n) is 6.98. The number of benzene rings is 2. The summed E-state index contributed by atoms with van der Waals surface area (Å²) in [6.07, 6.45) is 1.65. The fourth-order valence-corrected chi connectivity index (χ4v) is 3.33. The number of nitriles is 1. The molecule has 1 aliphatic heterocycles. The lowest BCUT2D eigenvalue weighted by Crippen LogP contribution is -2.43. The number of carbonyl (C=O) groups is 1. The van der Waals surface area contributed by atoms with Gasteiger partial charge in [-0.25, -0.2) is 0 Å². The minimum absolute atomic E-state index is 0.0706. The number of nitrogens with zero attached hydrogens (tertiary/aromatic N) is 3. The lowest BCUT2D eigenvalue weighted by atomic mass is 10.2. The van der Waals surface area contributed by atoms with Crippen molar-refractivity contribution in [1.29, 1.82) is 5.26 Å². The minimum atomic E-state index is -0.448. The summed E-state index contributed by atoms with van der Waals surface area (Å²) in [5.41, 5.74) is 1.89. The molecule has 0 bridgehead atoms. The molecule has 1 heterocycles. The lowest BCUT2D eigenvalue weighted by molar-refractivity contribution is -0.112. The van der Waals surface area contributed by atoms with Crippen LogP contribution in [0.15, 0.2) is 60.3 Å². The number of amides is 1. The SMILES string of the molecule is COc1ccc(NC(=O)/C(C#N)=C\N2CCN(Cc3ccccc3)CC2)cc1OC. The minimum Gasteiger partial charge on any atom is -0.493 e. The Kier molecular flexibility index (Phi) is 7.30. The van der Waals surface area contributed by atoms with Crippen LogP contribution in [-0.2, 0) is 11.3 Å². The van der Waals surface area contributed by atoms with Gasteiger partial charge in [0.1, 0.15) is 11.6 Å². The standard InChI is InChI=1S/C23H26N4O3/c1-29-21-9-8-20(14-22(21)30-2)25-23(28)19(15-24)17-27-12-10-26(11-13-27)16-18-6-4-3-5-7-18/h3-9,14,17H,10-13,16H2,1-2H3,(H,25,28)/b19-17-. The Hall–Kier alpha value is -3.50. The fourth-order valence-electron chi connectivity index (χ4n) is 3.33. The number of hydrogen-bond acceptors (Lipinski definition) is 6. The Morgan fingerprint density at radius 3 is 2.40 bits per heavy atom. The molecule has 1 N–H and O–H groups in total. The summed E-state index contributed by atoms with van der Waals surface area (Å²) in [6, 6.07) is 17.4. The van der Waals surface area contributed by atoms with E-state index in [1.54, 1.807) is 31.5 Å². The predicted molar refractivity (Wildman–Crippen MR) is 115 cm³/mol. The molecule has 7 nitrogen and oxygen atoms in total. The van der Waals surface area contributed by atoms with E-state index in [0.29, 0.717) is 17.2 Å². The fraction of sp³-hybridized carbons (Fsp3) is 0.304. The van der Waals surface area contributed by atoms with Gasteiger partial charge in [0.2, 0.25) is 0 Å². The number of nitrogens with one attached hydrogen (secondary N) is 1. The molecule has 7 heteroatoms. The molecule has 30 heavy (non-hydrogen) atoms. The number of piperazine rings is 1. The zero-order valence-corrected chi connectivity index (χ0v) is 17.3.